The van der Waals surface area contributed by atoms with E-state index < -0.39 is 10.0 Å². The molecule has 0 saturated carbocycles. The lowest BCUT2D eigenvalue weighted by atomic mass is 10.1. The van der Waals surface area contributed by atoms with Crippen molar-refractivity contribution in [1.29, 1.82) is 0 Å². The zero-order chi connectivity index (χ0) is 15.6. The number of rotatable bonds is 3. The Morgan fingerprint density at radius 3 is 2.73 bits per heavy atom. The van der Waals surface area contributed by atoms with Gasteiger partial charge in [0.05, 0.1) is 24.1 Å². The third-order valence-electron chi connectivity index (χ3n) is 3.83. The normalized spacial score (nSPS) is 19.7. The number of sulfonamides is 1. The minimum atomic E-state index is -3.60. The Kier molecular flexibility index (Phi) is 4.01. The van der Waals surface area contributed by atoms with Crippen molar-refractivity contribution in [3.05, 3.63) is 42.7 Å². The maximum atomic E-state index is 12.8. The monoisotopic (exact) mass is 315 g/mol. The fraction of sp³-hybridized carbons (Fsp3) is 0.312. The average Bonchev–Trinajstić information content (AvgIpc) is 3.06. The van der Waals surface area contributed by atoms with E-state index in [0.29, 0.717) is 13.0 Å². The molecule has 114 valence electrons. The molecular formula is C16H17N3O2S. The first-order chi connectivity index (χ1) is 10.6. The second-order valence-electron chi connectivity index (χ2n) is 5.25. The summed E-state index contributed by atoms with van der Waals surface area (Å²) >= 11 is 0. The first kappa shape index (κ1) is 14.8. The molecule has 2 aromatic rings. The third kappa shape index (κ3) is 2.65. The molecule has 22 heavy (non-hydrogen) atoms. The molecule has 1 fully saturated rings. The number of nitrogens with zero attached hydrogens (tertiary/aromatic N) is 3. The van der Waals surface area contributed by atoms with Gasteiger partial charge in [0.1, 0.15) is 4.90 Å². The van der Waals surface area contributed by atoms with Gasteiger partial charge in [-0.25, -0.2) is 13.1 Å². The van der Waals surface area contributed by atoms with Crippen molar-refractivity contribution < 1.29 is 8.42 Å². The lowest BCUT2D eigenvalue weighted by Gasteiger charge is -2.30. The molecule has 5 nitrogen and oxygen atoms in total. The van der Waals surface area contributed by atoms with Crippen LogP contribution in [0, 0.1) is 12.3 Å². The predicted octanol–water partition coefficient (Wildman–Crippen LogP) is 2.05. The van der Waals surface area contributed by atoms with Crippen LogP contribution in [0.1, 0.15) is 19.3 Å². The fourth-order valence-corrected chi connectivity index (χ4v) is 4.21. The molecule has 0 radical (unpaired) electrons. The maximum absolute atomic E-state index is 12.8. The summed E-state index contributed by atoms with van der Waals surface area (Å²) in [5.74, 6) is 2.59. The Hall–Kier alpha value is -2.10. The molecule has 0 N–H and O–H groups in total. The van der Waals surface area contributed by atoms with Gasteiger partial charge in [0.25, 0.3) is 0 Å². The molecule has 0 spiro atoms. The molecule has 1 aliphatic rings. The molecule has 1 aliphatic heterocycles. The van der Waals surface area contributed by atoms with E-state index in [1.165, 1.54) is 16.7 Å². The van der Waals surface area contributed by atoms with E-state index in [1.54, 1.807) is 4.68 Å². The summed E-state index contributed by atoms with van der Waals surface area (Å²) in [4.78, 5) is 0.179. The molecule has 6 heteroatoms. The summed E-state index contributed by atoms with van der Waals surface area (Å²) in [7, 11) is -3.60. The average molecular weight is 315 g/mol. The molecule has 0 aliphatic carbocycles. The van der Waals surface area contributed by atoms with Crippen molar-refractivity contribution in [2.45, 2.75) is 30.2 Å². The van der Waals surface area contributed by atoms with Crippen LogP contribution in [0.3, 0.4) is 0 Å². The Morgan fingerprint density at radius 1 is 1.23 bits per heavy atom. The number of piperidine rings is 1. The highest BCUT2D eigenvalue weighted by atomic mass is 32.2. The van der Waals surface area contributed by atoms with Gasteiger partial charge in [-0.3, -0.25) is 0 Å². The summed E-state index contributed by atoms with van der Waals surface area (Å²) in [6.07, 6.45) is 10.9. The zero-order valence-electron chi connectivity index (χ0n) is 12.1. The van der Waals surface area contributed by atoms with E-state index in [2.05, 4.69) is 11.0 Å². The third-order valence-corrected chi connectivity index (χ3v) is 5.69. The molecule has 0 bridgehead atoms. The predicted molar refractivity (Wildman–Crippen MR) is 83.9 cm³/mol. The van der Waals surface area contributed by atoms with Gasteiger partial charge in [-0.05, 0) is 31.4 Å². The van der Waals surface area contributed by atoms with Crippen LogP contribution >= 0.6 is 0 Å². The minimum absolute atomic E-state index is 0.179. The quantitative estimate of drug-likeness (QED) is 0.815. The van der Waals surface area contributed by atoms with Gasteiger partial charge in [-0.2, -0.15) is 9.40 Å². The van der Waals surface area contributed by atoms with Gasteiger partial charge in [0.15, 0.2) is 0 Å². The molecule has 3 rings (SSSR count). The second-order valence-corrected chi connectivity index (χ2v) is 7.14. The van der Waals surface area contributed by atoms with E-state index in [4.69, 9.17) is 6.42 Å². The first-order valence-corrected chi connectivity index (χ1v) is 8.65. The van der Waals surface area contributed by atoms with Gasteiger partial charge in [0.2, 0.25) is 10.0 Å². The van der Waals surface area contributed by atoms with Gasteiger partial charge in [-0.1, -0.05) is 24.1 Å². The van der Waals surface area contributed by atoms with Crippen molar-refractivity contribution in [2.24, 2.45) is 0 Å². The lowest BCUT2D eigenvalue weighted by Crippen LogP contribution is -2.42. The molecular weight excluding hydrogens is 298 g/mol. The van der Waals surface area contributed by atoms with Crippen molar-refractivity contribution in [3.8, 4) is 18.0 Å². The molecule has 0 amide bonds. The smallest absolute Gasteiger partial charge is 0.240 e. The SMILES string of the molecule is C#CC1CCCCN1S(=O)(=O)c1cnn(-c2ccccc2)c1. The highest BCUT2D eigenvalue weighted by molar-refractivity contribution is 7.89. The van der Waals surface area contributed by atoms with Crippen LogP contribution in [0.15, 0.2) is 47.6 Å². The molecule has 1 atom stereocenters. The summed E-state index contributed by atoms with van der Waals surface area (Å²) in [6.45, 7) is 0.466. The molecule has 1 aromatic heterocycles. The highest BCUT2D eigenvalue weighted by Gasteiger charge is 2.33. The van der Waals surface area contributed by atoms with Crippen LogP contribution in [0.25, 0.3) is 5.69 Å². The summed E-state index contributed by atoms with van der Waals surface area (Å²) in [6, 6.07) is 9.03. The number of aromatic nitrogens is 2. The standard InChI is InChI=1S/C16H17N3O2S/c1-2-14-8-6-7-11-19(14)22(20,21)16-12-17-18(13-16)15-9-4-3-5-10-15/h1,3-5,9-10,12-14H,6-8,11H2. The number of hydrogen-bond donors (Lipinski definition) is 0. The van der Waals surface area contributed by atoms with E-state index in [0.717, 1.165) is 18.5 Å². The topological polar surface area (TPSA) is 55.2 Å². The first-order valence-electron chi connectivity index (χ1n) is 7.21. The Morgan fingerprint density at radius 2 is 2.00 bits per heavy atom. The zero-order valence-corrected chi connectivity index (χ0v) is 12.9. The van der Waals surface area contributed by atoms with E-state index in [1.807, 2.05) is 30.3 Å². The largest absolute Gasteiger partial charge is 0.247 e. The highest BCUT2D eigenvalue weighted by Crippen LogP contribution is 2.25. The van der Waals surface area contributed by atoms with Crippen LogP contribution < -0.4 is 0 Å². The van der Waals surface area contributed by atoms with E-state index >= 15 is 0 Å². The Balaban J connectivity index is 1.93. The summed E-state index contributed by atoms with van der Waals surface area (Å²) in [5.41, 5.74) is 0.816. The van der Waals surface area contributed by atoms with Crippen molar-refractivity contribution >= 4 is 10.0 Å². The van der Waals surface area contributed by atoms with Gasteiger partial charge < -0.3 is 0 Å². The fourth-order valence-electron chi connectivity index (χ4n) is 2.66. The van der Waals surface area contributed by atoms with Crippen LogP contribution in [0.5, 0.6) is 0 Å². The summed E-state index contributed by atoms with van der Waals surface area (Å²) < 4.78 is 28.5. The lowest BCUT2D eigenvalue weighted by molar-refractivity contribution is 0.299. The van der Waals surface area contributed by atoms with E-state index in [-0.39, 0.29) is 10.9 Å². The number of terminal acetylenes is 1. The molecule has 1 aromatic carbocycles. The van der Waals surface area contributed by atoms with Crippen molar-refractivity contribution in [2.75, 3.05) is 6.54 Å². The number of benzene rings is 1. The van der Waals surface area contributed by atoms with Gasteiger partial charge in [-0.15, -0.1) is 6.42 Å². The Labute approximate surface area is 130 Å². The van der Waals surface area contributed by atoms with Crippen LogP contribution in [-0.2, 0) is 10.0 Å². The summed E-state index contributed by atoms with van der Waals surface area (Å²) in [5, 5.41) is 4.16. The van der Waals surface area contributed by atoms with Crippen LogP contribution in [0.2, 0.25) is 0 Å². The van der Waals surface area contributed by atoms with E-state index in [9.17, 15) is 8.42 Å². The Bertz CT molecular complexity index is 790. The minimum Gasteiger partial charge on any atom is -0.240 e. The molecule has 2 heterocycles. The van der Waals surface area contributed by atoms with Crippen LogP contribution in [-0.4, -0.2) is 35.1 Å². The number of para-hydroxylation sites is 1. The maximum Gasteiger partial charge on any atom is 0.247 e. The van der Waals surface area contributed by atoms with Crippen LogP contribution in [0.4, 0.5) is 0 Å². The molecule has 1 saturated heterocycles. The van der Waals surface area contributed by atoms with Crippen molar-refractivity contribution in [1.82, 2.24) is 14.1 Å². The van der Waals surface area contributed by atoms with Gasteiger partial charge in [0, 0.05) is 6.54 Å². The van der Waals surface area contributed by atoms with Gasteiger partial charge >= 0.3 is 0 Å². The van der Waals surface area contributed by atoms with Crippen molar-refractivity contribution in [3.63, 3.8) is 0 Å². The number of hydrogen-bond acceptors (Lipinski definition) is 3. The molecule has 1 unspecified atom stereocenters. The second kappa shape index (κ2) is 5.95.